The third-order valence-electron chi connectivity index (χ3n) is 4.40. The Morgan fingerprint density at radius 1 is 0.969 bits per heavy atom. The van der Waals surface area contributed by atoms with Gasteiger partial charge in [0.1, 0.15) is 24.9 Å². The number of hydrogen-bond acceptors (Lipinski definition) is 10. The predicted molar refractivity (Wildman–Crippen MR) is 107 cm³/mol. The molecule has 6 atom stereocenters. The number of ether oxygens (including phenoxy) is 4. The lowest BCUT2D eigenvalue weighted by molar-refractivity contribution is -0.222. The standard InChI is InChI=1S/C20H28N2O10/c1-6-14(8-23)20(28)21-7-15-17(22-10(2)24)19(31-13(5)27)18(30-12(4)26)16(32-15)9-29-11(3)25/h6,8,14-19H,1,7,9H2,2-5H3,(H,21,28)(H,22,24). The Hall–Kier alpha value is -3.28. The first-order chi connectivity index (χ1) is 15.0. The molecule has 12 heteroatoms. The summed E-state index contributed by atoms with van der Waals surface area (Å²) in [5, 5.41) is 5.07. The molecule has 1 saturated heterocycles. The molecule has 2 amide bonds. The maximum atomic E-state index is 12.2. The van der Waals surface area contributed by atoms with Crippen LogP contribution in [0.25, 0.3) is 0 Å². The third kappa shape index (κ3) is 8.10. The van der Waals surface area contributed by atoms with Crippen LogP contribution in [0.15, 0.2) is 12.7 Å². The molecule has 0 radical (unpaired) electrons. The smallest absolute Gasteiger partial charge is 0.303 e. The van der Waals surface area contributed by atoms with Gasteiger partial charge in [0.15, 0.2) is 12.2 Å². The number of nitrogens with one attached hydrogen (secondary N) is 2. The molecule has 1 heterocycles. The minimum atomic E-state index is -1.23. The van der Waals surface area contributed by atoms with E-state index in [9.17, 15) is 28.8 Å². The van der Waals surface area contributed by atoms with Crippen molar-refractivity contribution in [2.24, 2.45) is 5.92 Å². The van der Waals surface area contributed by atoms with E-state index < -0.39 is 66.1 Å². The lowest BCUT2D eigenvalue weighted by Gasteiger charge is -2.45. The summed E-state index contributed by atoms with van der Waals surface area (Å²) in [5.74, 6) is -4.37. The fourth-order valence-electron chi connectivity index (χ4n) is 3.14. The second-order valence-electron chi connectivity index (χ2n) is 7.03. The first kappa shape index (κ1) is 26.8. The first-order valence-electron chi connectivity index (χ1n) is 9.76. The topological polar surface area (TPSA) is 163 Å². The number of hydrogen-bond donors (Lipinski definition) is 2. The van der Waals surface area contributed by atoms with E-state index >= 15 is 0 Å². The SMILES string of the molecule is C=CC(C=O)C(=O)NCC1OC(COC(C)=O)C(OC(C)=O)C(OC(C)=O)C1NC(C)=O. The Morgan fingerprint density at radius 2 is 1.56 bits per heavy atom. The molecule has 0 aromatic carbocycles. The van der Waals surface area contributed by atoms with Crippen LogP contribution in [-0.4, -0.2) is 79.6 Å². The molecule has 1 aliphatic rings. The van der Waals surface area contributed by atoms with Gasteiger partial charge in [-0.1, -0.05) is 6.08 Å². The van der Waals surface area contributed by atoms with E-state index in [0.29, 0.717) is 6.29 Å². The van der Waals surface area contributed by atoms with Gasteiger partial charge in [-0.25, -0.2) is 0 Å². The average molecular weight is 456 g/mol. The van der Waals surface area contributed by atoms with E-state index in [2.05, 4.69) is 17.2 Å². The molecule has 6 unspecified atom stereocenters. The minimum absolute atomic E-state index is 0.219. The van der Waals surface area contributed by atoms with E-state index in [1.807, 2.05) is 0 Å². The van der Waals surface area contributed by atoms with E-state index in [1.54, 1.807) is 0 Å². The van der Waals surface area contributed by atoms with Crippen molar-refractivity contribution >= 4 is 36.0 Å². The van der Waals surface area contributed by atoms with Crippen LogP contribution in [0, 0.1) is 5.92 Å². The molecule has 2 N–H and O–H groups in total. The van der Waals surface area contributed by atoms with Gasteiger partial charge in [-0.05, 0) is 0 Å². The lowest BCUT2D eigenvalue weighted by Crippen LogP contribution is -2.67. The summed E-state index contributed by atoms with van der Waals surface area (Å²) in [6, 6.07) is -1.05. The first-order valence-corrected chi connectivity index (χ1v) is 9.76. The van der Waals surface area contributed by atoms with Gasteiger partial charge < -0.3 is 34.4 Å². The Kier molecular flexibility index (Phi) is 10.5. The molecule has 0 aliphatic carbocycles. The van der Waals surface area contributed by atoms with Gasteiger partial charge in [0.2, 0.25) is 11.8 Å². The van der Waals surface area contributed by atoms with Gasteiger partial charge in [-0.3, -0.25) is 24.0 Å². The molecule has 0 aromatic heterocycles. The van der Waals surface area contributed by atoms with Crippen molar-refractivity contribution in [1.82, 2.24) is 10.6 Å². The summed E-state index contributed by atoms with van der Waals surface area (Å²) in [7, 11) is 0. The van der Waals surface area contributed by atoms with Crippen LogP contribution < -0.4 is 10.6 Å². The molecular formula is C20H28N2O10. The van der Waals surface area contributed by atoms with Gasteiger partial charge in [0.05, 0.1) is 12.1 Å². The zero-order chi connectivity index (χ0) is 24.4. The summed E-state index contributed by atoms with van der Waals surface area (Å²) >= 11 is 0. The van der Waals surface area contributed by atoms with Gasteiger partial charge in [0.25, 0.3) is 0 Å². The van der Waals surface area contributed by atoms with Crippen LogP contribution in [-0.2, 0) is 47.7 Å². The van der Waals surface area contributed by atoms with Crippen molar-refractivity contribution in [3.8, 4) is 0 Å². The summed E-state index contributed by atoms with van der Waals surface area (Å²) in [6.45, 7) is 7.46. The largest absolute Gasteiger partial charge is 0.463 e. The lowest BCUT2D eigenvalue weighted by atomic mass is 9.91. The maximum Gasteiger partial charge on any atom is 0.303 e. The highest BCUT2D eigenvalue weighted by atomic mass is 16.6. The highest BCUT2D eigenvalue weighted by Crippen LogP contribution is 2.27. The fourth-order valence-corrected chi connectivity index (χ4v) is 3.14. The molecule has 32 heavy (non-hydrogen) atoms. The van der Waals surface area contributed by atoms with Crippen LogP contribution in [0.5, 0.6) is 0 Å². The fraction of sp³-hybridized carbons (Fsp3) is 0.600. The second-order valence-corrected chi connectivity index (χ2v) is 7.03. The molecule has 0 bridgehead atoms. The number of rotatable bonds is 10. The Morgan fingerprint density at radius 3 is 2.03 bits per heavy atom. The highest BCUT2D eigenvalue weighted by Gasteiger charge is 2.50. The van der Waals surface area contributed by atoms with Gasteiger partial charge >= 0.3 is 17.9 Å². The highest BCUT2D eigenvalue weighted by molar-refractivity contribution is 5.93. The molecule has 0 saturated carbocycles. The van der Waals surface area contributed by atoms with Gasteiger partial charge in [-0.15, -0.1) is 6.58 Å². The van der Waals surface area contributed by atoms with Crippen molar-refractivity contribution in [1.29, 1.82) is 0 Å². The monoisotopic (exact) mass is 456 g/mol. The molecule has 1 fully saturated rings. The number of aldehydes is 1. The van der Waals surface area contributed by atoms with Crippen molar-refractivity contribution < 1.29 is 47.7 Å². The number of amides is 2. The van der Waals surface area contributed by atoms with Crippen LogP contribution in [0.4, 0.5) is 0 Å². The zero-order valence-electron chi connectivity index (χ0n) is 18.3. The quantitative estimate of drug-likeness (QED) is 0.134. The van der Waals surface area contributed by atoms with E-state index in [-0.39, 0.29) is 13.2 Å². The van der Waals surface area contributed by atoms with E-state index in [0.717, 1.165) is 19.9 Å². The third-order valence-corrected chi connectivity index (χ3v) is 4.40. The van der Waals surface area contributed by atoms with Crippen LogP contribution in [0.1, 0.15) is 27.7 Å². The summed E-state index contributed by atoms with van der Waals surface area (Å²) in [4.78, 5) is 69.7. The Balaban J connectivity index is 3.28. The molecule has 12 nitrogen and oxygen atoms in total. The van der Waals surface area contributed by atoms with Crippen LogP contribution in [0.3, 0.4) is 0 Å². The van der Waals surface area contributed by atoms with Crippen LogP contribution >= 0.6 is 0 Å². The van der Waals surface area contributed by atoms with Gasteiger partial charge in [-0.2, -0.15) is 0 Å². The summed E-state index contributed by atoms with van der Waals surface area (Å²) in [6.07, 6.45) is -2.99. The molecular weight excluding hydrogens is 428 g/mol. The average Bonchev–Trinajstić information content (AvgIpc) is 2.68. The van der Waals surface area contributed by atoms with Crippen LogP contribution in [0.2, 0.25) is 0 Å². The van der Waals surface area contributed by atoms with E-state index in [4.69, 9.17) is 18.9 Å². The zero-order valence-corrected chi connectivity index (χ0v) is 18.3. The van der Waals surface area contributed by atoms with Crippen molar-refractivity contribution in [3.05, 3.63) is 12.7 Å². The number of carbonyl (C=O) groups is 6. The van der Waals surface area contributed by atoms with Crippen molar-refractivity contribution in [2.45, 2.75) is 58.2 Å². The summed E-state index contributed by atoms with van der Waals surface area (Å²) in [5.41, 5.74) is 0. The minimum Gasteiger partial charge on any atom is -0.463 e. The van der Waals surface area contributed by atoms with E-state index in [1.165, 1.54) is 13.8 Å². The van der Waals surface area contributed by atoms with Crippen molar-refractivity contribution in [2.75, 3.05) is 13.2 Å². The predicted octanol–water partition coefficient (Wildman–Crippen LogP) is -1.20. The summed E-state index contributed by atoms with van der Waals surface area (Å²) < 4.78 is 21.5. The normalized spacial score (nSPS) is 25.4. The Labute approximate surface area is 185 Å². The molecule has 1 rings (SSSR count). The second kappa shape index (κ2) is 12.5. The molecule has 178 valence electrons. The Bertz CT molecular complexity index is 745. The molecule has 1 aliphatic heterocycles. The molecule has 0 spiro atoms. The van der Waals surface area contributed by atoms with Crippen molar-refractivity contribution in [3.63, 3.8) is 0 Å². The molecule has 0 aromatic rings. The van der Waals surface area contributed by atoms with Gasteiger partial charge in [0, 0.05) is 34.2 Å². The number of carbonyl (C=O) groups excluding carboxylic acids is 6. The number of esters is 3. The maximum absolute atomic E-state index is 12.2.